The number of benzene rings is 1. The average Bonchev–Trinajstić information content (AvgIpc) is 2.33. The molecule has 0 bridgehead atoms. The molecule has 4 heteroatoms. The minimum Gasteiger partial charge on any atom is -0.385 e. The summed E-state index contributed by atoms with van der Waals surface area (Å²) in [5.74, 6) is 0. The zero-order valence-electron chi connectivity index (χ0n) is 10.8. The van der Waals surface area contributed by atoms with Gasteiger partial charge in [-0.25, -0.2) is 0 Å². The quantitative estimate of drug-likeness (QED) is 0.789. The molecule has 106 valence electrons. The molecule has 0 amide bonds. The van der Waals surface area contributed by atoms with E-state index in [1.165, 1.54) is 6.07 Å². The molecule has 1 fully saturated rings. The van der Waals surface area contributed by atoms with Gasteiger partial charge < -0.3 is 5.11 Å². The Morgan fingerprint density at radius 3 is 2.11 bits per heavy atom. The van der Waals surface area contributed by atoms with Crippen LogP contribution in [0.4, 0.5) is 13.2 Å². The van der Waals surface area contributed by atoms with Crippen LogP contribution in [-0.4, -0.2) is 5.11 Å². The van der Waals surface area contributed by atoms with Crippen molar-refractivity contribution in [3.8, 4) is 0 Å². The van der Waals surface area contributed by atoms with E-state index in [9.17, 15) is 18.3 Å². The van der Waals surface area contributed by atoms with E-state index < -0.39 is 17.3 Å². The van der Waals surface area contributed by atoms with Crippen molar-refractivity contribution < 1.29 is 18.3 Å². The van der Waals surface area contributed by atoms with Gasteiger partial charge in [0.05, 0.1) is 11.2 Å². The summed E-state index contributed by atoms with van der Waals surface area (Å²) >= 11 is 0. The van der Waals surface area contributed by atoms with Gasteiger partial charge in [0.1, 0.15) is 0 Å². The third-order valence-electron chi connectivity index (χ3n) is 3.91. The zero-order chi connectivity index (χ0) is 13.9. The highest BCUT2D eigenvalue weighted by molar-refractivity contribution is 5.30. The second-order valence-corrected chi connectivity index (χ2v) is 5.38. The van der Waals surface area contributed by atoms with Gasteiger partial charge in [0, 0.05) is 0 Å². The summed E-state index contributed by atoms with van der Waals surface area (Å²) in [5.41, 5.74) is -1.37. The van der Waals surface area contributed by atoms with Gasteiger partial charge in [0.2, 0.25) is 0 Å². The monoisotopic (exact) mass is 272 g/mol. The van der Waals surface area contributed by atoms with Gasteiger partial charge in [0.25, 0.3) is 0 Å². The lowest BCUT2D eigenvalue weighted by Crippen LogP contribution is -2.27. The predicted molar refractivity (Wildman–Crippen MR) is 67.7 cm³/mol. The summed E-state index contributed by atoms with van der Waals surface area (Å²) in [6, 6.07) is 5.14. The molecule has 0 radical (unpaired) electrons. The minimum absolute atomic E-state index is 0.407. The summed E-state index contributed by atoms with van der Waals surface area (Å²) < 4.78 is 38.2. The lowest BCUT2D eigenvalue weighted by Gasteiger charge is -2.31. The van der Waals surface area contributed by atoms with Gasteiger partial charge in [-0.3, -0.25) is 0 Å². The summed E-state index contributed by atoms with van der Waals surface area (Å²) in [6.07, 6.45) is 1.72. The van der Waals surface area contributed by atoms with E-state index in [-0.39, 0.29) is 0 Å². The first kappa shape index (κ1) is 14.4. The number of halogens is 3. The van der Waals surface area contributed by atoms with Gasteiger partial charge in [0.15, 0.2) is 0 Å². The SMILES string of the molecule is OC1(c2cccc(C(F)(F)F)c2)CCCCCCC1. The van der Waals surface area contributed by atoms with Crippen LogP contribution in [-0.2, 0) is 11.8 Å². The molecule has 1 aliphatic carbocycles. The molecule has 1 saturated carbocycles. The Morgan fingerprint density at radius 1 is 0.947 bits per heavy atom. The molecule has 1 aromatic rings. The Morgan fingerprint density at radius 2 is 1.53 bits per heavy atom. The van der Waals surface area contributed by atoms with E-state index in [1.807, 2.05) is 0 Å². The van der Waals surface area contributed by atoms with Crippen LogP contribution in [0.5, 0.6) is 0 Å². The number of rotatable bonds is 1. The molecule has 0 atom stereocenters. The van der Waals surface area contributed by atoms with Crippen molar-refractivity contribution in [2.45, 2.75) is 56.7 Å². The van der Waals surface area contributed by atoms with Crippen molar-refractivity contribution in [3.63, 3.8) is 0 Å². The van der Waals surface area contributed by atoms with E-state index >= 15 is 0 Å². The zero-order valence-corrected chi connectivity index (χ0v) is 10.8. The topological polar surface area (TPSA) is 20.2 Å². The van der Waals surface area contributed by atoms with Crippen LogP contribution in [0.1, 0.15) is 56.1 Å². The Hall–Kier alpha value is -1.03. The fraction of sp³-hybridized carbons (Fsp3) is 0.600. The summed E-state index contributed by atoms with van der Waals surface area (Å²) in [5, 5.41) is 10.7. The number of hydrogen-bond acceptors (Lipinski definition) is 1. The highest BCUT2D eigenvalue weighted by Gasteiger charge is 2.34. The second kappa shape index (κ2) is 5.53. The molecule has 1 nitrogen and oxygen atoms in total. The van der Waals surface area contributed by atoms with Crippen LogP contribution in [0.15, 0.2) is 24.3 Å². The van der Waals surface area contributed by atoms with Gasteiger partial charge in [-0.2, -0.15) is 13.2 Å². The molecule has 0 spiro atoms. The Bertz CT molecular complexity index is 418. The largest absolute Gasteiger partial charge is 0.416 e. The highest BCUT2D eigenvalue weighted by Crippen LogP contribution is 2.38. The molecule has 1 N–H and O–H groups in total. The van der Waals surface area contributed by atoms with Gasteiger partial charge >= 0.3 is 6.18 Å². The highest BCUT2D eigenvalue weighted by atomic mass is 19.4. The van der Waals surface area contributed by atoms with Crippen LogP contribution in [0.25, 0.3) is 0 Å². The lowest BCUT2D eigenvalue weighted by atomic mass is 9.81. The first-order chi connectivity index (χ1) is 8.92. The molecule has 2 rings (SSSR count). The smallest absolute Gasteiger partial charge is 0.385 e. The Balaban J connectivity index is 2.28. The van der Waals surface area contributed by atoms with Crippen LogP contribution in [0.3, 0.4) is 0 Å². The van der Waals surface area contributed by atoms with Gasteiger partial charge in [-0.1, -0.05) is 44.2 Å². The van der Waals surface area contributed by atoms with E-state index in [0.29, 0.717) is 18.4 Å². The molecule has 0 unspecified atom stereocenters. The third-order valence-corrected chi connectivity index (χ3v) is 3.91. The number of hydrogen-bond donors (Lipinski definition) is 1. The van der Waals surface area contributed by atoms with Gasteiger partial charge in [-0.05, 0) is 30.5 Å². The van der Waals surface area contributed by atoms with E-state index in [1.54, 1.807) is 6.07 Å². The summed E-state index contributed by atoms with van der Waals surface area (Å²) in [7, 11) is 0. The van der Waals surface area contributed by atoms with Crippen molar-refractivity contribution in [1.82, 2.24) is 0 Å². The lowest BCUT2D eigenvalue weighted by molar-refractivity contribution is -0.137. The maximum absolute atomic E-state index is 12.7. The molecular weight excluding hydrogens is 253 g/mol. The van der Waals surface area contributed by atoms with Crippen LogP contribution in [0, 0.1) is 0 Å². The first-order valence-electron chi connectivity index (χ1n) is 6.82. The Kier molecular flexibility index (Phi) is 4.19. The standard InChI is InChI=1S/C15H19F3O/c16-15(17,18)13-8-6-7-12(11-13)14(19)9-4-2-1-3-5-10-14/h6-8,11,19H,1-5,9-10H2. The van der Waals surface area contributed by atoms with Crippen molar-refractivity contribution in [2.75, 3.05) is 0 Å². The number of aliphatic hydroxyl groups is 1. The van der Waals surface area contributed by atoms with E-state index in [4.69, 9.17) is 0 Å². The second-order valence-electron chi connectivity index (χ2n) is 5.38. The third kappa shape index (κ3) is 3.50. The molecule has 0 aromatic heterocycles. The molecular formula is C15H19F3O. The Labute approximate surface area is 111 Å². The predicted octanol–water partition coefficient (Wildman–Crippen LogP) is 4.64. The first-order valence-corrected chi connectivity index (χ1v) is 6.82. The fourth-order valence-electron chi connectivity index (χ4n) is 2.76. The van der Waals surface area contributed by atoms with E-state index in [0.717, 1.165) is 44.2 Å². The maximum Gasteiger partial charge on any atom is 0.416 e. The molecule has 1 aliphatic rings. The van der Waals surface area contributed by atoms with Crippen LogP contribution < -0.4 is 0 Å². The molecule has 1 aromatic carbocycles. The fourth-order valence-corrected chi connectivity index (χ4v) is 2.76. The van der Waals surface area contributed by atoms with E-state index in [2.05, 4.69) is 0 Å². The van der Waals surface area contributed by atoms with Crippen molar-refractivity contribution in [3.05, 3.63) is 35.4 Å². The normalized spacial score (nSPS) is 20.6. The molecule has 0 aliphatic heterocycles. The van der Waals surface area contributed by atoms with Gasteiger partial charge in [-0.15, -0.1) is 0 Å². The van der Waals surface area contributed by atoms with Crippen LogP contribution in [0.2, 0.25) is 0 Å². The van der Waals surface area contributed by atoms with Crippen molar-refractivity contribution in [1.29, 1.82) is 0 Å². The molecule has 0 heterocycles. The minimum atomic E-state index is -4.35. The van der Waals surface area contributed by atoms with Crippen LogP contribution >= 0.6 is 0 Å². The molecule has 19 heavy (non-hydrogen) atoms. The average molecular weight is 272 g/mol. The van der Waals surface area contributed by atoms with Crippen molar-refractivity contribution >= 4 is 0 Å². The summed E-state index contributed by atoms with van der Waals surface area (Å²) in [6.45, 7) is 0. The summed E-state index contributed by atoms with van der Waals surface area (Å²) in [4.78, 5) is 0. The number of alkyl halides is 3. The molecule has 0 saturated heterocycles. The van der Waals surface area contributed by atoms with Crippen molar-refractivity contribution in [2.24, 2.45) is 0 Å². The maximum atomic E-state index is 12.7.